The zero-order valence-corrected chi connectivity index (χ0v) is 12.1. The van der Waals surface area contributed by atoms with Crippen molar-refractivity contribution >= 4 is 17.7 Å². The van der Waals surface area contributed by atoms with Gasteiger partial charge in [0.1, 0.15) is 0 Å². The number of urea groups is 1. The summed E-state index contributed by atoms with van der Waals surface area (Å²) < 4.78 is 0. The van der Waals surface area contributed by atoms with Crippen LogP contribution in [-0.2, 0) is 17.6 Å². The van der Waals surface area contributed by atoms with Gasteiger partial charge in [-0.1, -0.05) is 6.07 Å². The highest BCUT2D eigenvalue weighted by Crippen LogP contribution is 2.27. The SMILES string of the molecule is CC1C(C(=O)O)CCN1C(=O)Nc1ccc2c(c1)CCC2. The van der Waals surface area contributed by atoms with Gasteiger partial charge < -0.3 is 15.3 Å². The lowest BCUT2D eigenvalue weighted by molar-refractivity contribution is -0.142. The molecule has 1 fully saturated rings. The Bertz CT molecular complexity index is 585. The van der Waals surface area contributed by atoms with Crippen molar-refractivity contribution in [2.24, 2.45) is 5.92 Å². The summed E-state index contributed by atoms with van der Waals surface area (Å²) in [6, 6.07) is 5.57. The molecular formula is C16H20N2O3. The molecule has 3 rings (SSSR count). The van der Waals surface area contributed by atoms with Crippen LogP contribution < -0.4 is 5.32 Å². The van der Waals surface area contributed by atoms with E-state index in [1.807, 2.05) is 12.1 Å². The summed E-state index contributed by atoms with van der Waals surface area (Å²) in [7, 11) is 0. The molecule has 1 aromatic carbocycles. The second kappa shape index (κ2) is 5.39. The maximum Gasteiger partial charge on any atom is 0.322 e. The molecule has 2 aliphatic rings. The number of hydrogen-bond acceptors (Lipinski definition) is 2. The summed E-state index contributed by atoms with van der Waals surface area (Å²) in [5, 5.41) is 12.0. The monoisotopic (exact) mass is 288 g/mol. The predicted octanol–water partition coefficient (Wildman–Crippen LogP) is 2.50. The molecule has 1 heterocycles. The van der Waals surface area contributed by atoms with Gasteiger partial charge in [0.2, 0.25) is 0 Å². The Morgan fingerprint density at radius 1 is 1.29 bits per heavy atom. The van der Waals surface area contributed by atoms with Crippen molar-refractivity contribution in [2.45, 2.75) is 38.6 Å². The van der Waals surface area contributed by atoms with Gasteiger partial charge in [-0.15, -0.1) is 0 Å². The topological polar surface area (TPSA) is 69.6 Å². The number of likely N-dealkylation sites (tertiary alicyclic amines) is 1. The number of amides is 2. The summed E-state index contributed by atoms with van der Waals surface area (Å²) in [6.45, 7) is 2.29. The quantitative estimate of drug-likeness (QED) is 0.878. The Hall–Kier alpha value is -2.04. The molecule has 0 spiro atoms. The number of aliphatic carboxylic acids is 1. The van der Waals surface area contributed by atoms with E-state index in [4.69, 9.17) is 5.11 Å². The van der Waals surface area contributed by atoms with E-state index < -0.39 is 11.9 Å². The molecule has 1 saturated heterocycles. The maximum absolute atomic E-state index is 12.3. The van der Waals surface area contributed by atoms with E-state index >= 15 is 0 Å². The van der Waals surface area contributed by atoms with Gasteiger partial charge in [-0.2, -0.15) is 0 Å². The van der Waals surface area contributed by atoms with Crippen molar-refractivity contribution < 1.29 is 14.7 Å². The molecule has 112 valence electrons. The van der Waals surface area contributed by atoms with Crippen molar-refractivity contribution in [1.82, 2.24) is 4.90 Å². The fraction of sp³-hybridized carbons (Fsp3) is 0.500. The largest absolute Gasteiger partial charge is 0.481 e. The van der Waals surface area contributed by atoms with Crippen molar-refractivity contribution in [3.05, 3.63) is 29.3 Å². The lowest BCUT2D eigenvalue weighted by Gasteiger charge is -2.23. The van der Waals surface area contributed by atoms with Crippen LogP contribution in [0.25, 0.3) is 0 Å². The molecule has 0 saturated carbocycles. The number of benzene rings is 1. The first-order valence-electron chi connectivity index (χ1n) is 7.48. The lowest BCUT2D eigenvalue weighted by atomic mass is 10.0. The number of fused-ring (bicyclic) bond motifs is 1. The Kier molecular flexibility index (Phi) is 3.57. The van der Waals surface area contributed by atoms with Crippen LogP contribution >= 0.6 is 0 Å². The van der Waals surface area contributed by atoms with Crippen LogP contribution in [0.1, 0.15) is 30.9 Å². The average Bonchev–Trinajstić information content (AvgIpc) is 3.04. The zero-order chi connectivity index (χ0) is 15.0. The molecule has 0 bridgehead atoms. The van der Waals surface area contributed by atoms with Gasteiger partial charge in [0.15, 0.2) is 0 Å². The van der Waals surface area contributed by atoms with Gasteiger partial charge in [-0.25, -0.2) is 4.79 Å². The summed E-state index contributed by atoms with van der Waals surface area (Å²) in [5.41, 5.74) is 3.48. The fourth-order valence-corrected chi connectivity index (χ4v) is 3.40. The Balaban J connectivity index is 1.68. The average molecular weight is 288 g/mol. The lowest BCUT2D eigenvalue weighted by Crippen LogP contribution is -2.40. The van der Waals surface area contributed by atoms with E-state index in [9.17, 15) is 9.59 Å². The molecule has 1 aromatic rings. The third-order valence-corrected chi connectivity index (χ3v) is 4.68. The number of nitrogens with one attached hydrogen (secondary N) is 1. The van der Waals surface area contributed by atoms with Gasteiger partial charge >= 0.3 is 12.0 Å². The summed E-state index contributed by atoms with van der Waals surface area (Å²) in [6.07, 6.45) is 3.89. The van der Waals surface area contributed by atoms with E-state index in [0.717, 1.165) is 18.5 Å². The second-order valence-corrected chi connectivity index (χ2v) is 5.93. The molecule has 2 amide bonds. The molecule has 2 unspecified atom stereocenters. The molecule has 0 radical (unpaired) electrons. The number of carboxylic acid groups (broad SMARTS) is 1. The molecule has 1 aliphatic heterocycles. The van der Waals surface area contributed by atoms with Crippen LogP contribution in [0, 0.1) is 5.92 Å². The Morgan fingerprint density at radius 2 is 2.05 bits per heavy atom. The molecule has 1 aliphatic carbocycles. The van der Waals surface area contributed by atoms with Crippen LogP contribution in [0.15, 0.2) is 18.2 Å². The summed E-state index contributed by atoms with van der Waals surface area (Å²) in [5.74, 6) is -1.29. The normalized spacial score (nSPS) is 24.0. The standard InChI is InChI=1S/C16H20N2O3/c1-10-14(15(19)20)7-8-18(10)16(21)17-13-6-5-11-3-2-4-12(11)9-13/h5-6,9-10,14H,2-4,7-8H2,1H3,(H,17,21)(H,19,20). The van der Waals surface area contributed by atoms with E-state index in [2.05, 4.69) is 11.4 Å². The second-order valence-electron chi connectivity index (χ2n) is 5.93. The number of nitrogens with zero attached hydrogens (tertiary/aromatic N) is 1. The highest BCUT2D eigenvalue weighted by Gasteiger charge is 2.38. The molecule has 2 N–H and O–H groups in total. The number of carboxylic acids is 1. The summed E-state index contributed by atoms with van der Waals surface area (Å²) in [4.78, 5) is 25.0. The molecule has 2 atom stereocenters. The Labute approximate surface area is 123 Å². The first-order valence-corrected chi connectivity index (χ1v) is 7.48. The smallest absolute Gasteiger partial charge is 0.322 e. The van der Waals surface area contributed by atoms with Crippen LogP contribution in [0.2, 0.25) is 0 Å². The zero-order valence-electron chi connectivity index (χ0n) is 12.1. The van der Waals surface area contributed by atoms with Gasteiger partial charge in [0.05, 0.1) is 5.92 Å². The van der Waals surface area contributed by atoms with Crippen molar-refractivity contribution in [3.63, 3.8) is 0 Å². The minimum absolute atomic E-state index is 0.204. The van der Waals surface area contributed by atoms with Gasteiger partial charge in [-0.3, -0.25) is 4.79 Å². The van der Waals surface area contributed by atoms with Crippen molar-refractivity contribution in [1.29, 1.82) is 0 Å². The Morgan fingerprint density at radius 3 is 2.76 bits per heavy atom. The van der Waals surface area contributed by atoms with Crippen LogP contribution in [0.4, 0.5) is 10.5 Å². The van der Waals surface area contributed by atoms with E-state index in [-0.39, 0.29) is 12.1 Å². The van der Waals surface area contributed by atoms with Crippen LogP contribution in [0.5, 0.6) is 0 Å². The van der Waals surface area contributed by atoms with Crippen molar-refractivity contribution in [2.75, 3.05) is 11.9 Å². The third-order valence-electron chi connectivity index (χ3n) is 4.68. The number of aryl methyl sites for hydroxylation is 2. The number of carbonyl (C=O) groups excluding carboxylic acids is 1. The number of rotatable bonds is 2. The minimum atomic E-state index is -0.824. The van der Waals surface area contributed by atoms with Gasteiger partial charge in [-0.05, 0) is 55.9 Å². The number of hydrogen-bond donors (Lipinski definition) is 2. The fourth-order valence-electron chi connectivity index (χ4n) is 3.40. The minimum Gasteiger partial charge on any atom is -0.481 e. The molecule has 5 heteroatoms. The van der Waals surface area contributed by atoms with Crippen LogP contribution in [-0.4, -0.2) is 34.6 Å². The molecule has 0 aromatic heterocycles. The summed E-state index contributed by atoms with van der Waals surface area (Å²) >= 11 is 0. The molecule has 5 nitrogen and oxygen atoms in total. The van der Waals surface area contributed by atoms with Crippen molar-refractivity contribution in [3.8, 4) is 0 Å². The van der Waals surface area contributed by atoms with E-state index in [1.54, 1.807) is 11.8 Å². The third kappa shape index (κ3) is 2.60. The van der Waals surface area contributed by atoms with Gasteiger partial charge in [0.25, 0.3) is 0 Å². The number of anilines is 1. The van der Waals surface area contributed by atoms with Crippen LogP contribution in [0.3, 0.4) is 0 Å². The highest BCUT2D eigenvalue weighted by molar-refractivity contribution is 5.90. The van der Waals surface area contributed by atoms with E-state index in [1.165, 1.54) is 17.5 Å². The van der Waals surface area contributed by atoms with Gasteiger partial charge in [0, 0.05) is 18.3 Å². The predicted molar refractivity (Wildman–Crippen MR) is 79.4 cm³/mol. The molecule has 21 heavy (non-hydrogen) atoms. The molecular weight excluding hydrogens is 268 g/mol. The number of carbonyl (C=O) groups is 2. The van der Waals surface area contributed by atoms with E-state index in [0.29, 0.717) is 13.0 Å². The maximum atomic E-state index is 12.3. The first kappa shape index (κ1) is 13.9. The first-order chi connectivity index (χ1) is 10.1. The highest BCUT2D eigenvalue weighted by atomic mass is 16.4.